The first-order valence-corrected chi connectivity index (χ1v) is 9.66. The molecule has 1 aromatic carbocycles. The van der Waals surface area contributed by atoms with Gasteiger partial charge in [0, 0.05) is 16.5 Å². The standard InChI is InChI=1S/C20H24N4O2S/c1-20(2,3)23-16(25)11-24(4)10-15-21-18(26)17-14(12-27-19(17)22-15)13-8-6-5-7-9-13/h5-9,12H,10-11H2,1-4H3,(H,23,25)(H,21,22,26). The number of aromatic amines is 1. The van der Waals surface area contributed by atoms with E-state index >= 15 is 0 Å². The number of hydrogen-bond acceptors (Lipinski definition) is 5. The zero-order chi connectivity index (χ0) is 19.6. The van der Waals surface area contributed by atoms with Crippen molar-refractivity contribution < 1.29 is 4.79 Å². The van der Waals surface area contributed by atoms with Crippen molar-refractivity contribution in [2.24, 2.45) is 0 Å². The summed E-state index contributed by atoms with van der Waals surface area (Å²) < 4.78 is 0. The number of fused-ring (bicyclic) bond motifs is 1. The van der Waals surface area contributed by atoms with Gasteiger partial charge in [-0.05, 0) is 33.4 Å². The molecule has 2 N–H and O–H groups in total. The highest BCUT2D eigenvalue weighted by Crippen LogP contribution is 2.30. The summed E-state index contributed by atoms with van der Waals surface area (Å²) in [5, 5.41) is 5.51. The molecular weight excluding hydrogens is 360 g/mol. The Kier molecular flexibility index (Phi) is 5.43. The summed E-state index contributed by atoms with van der Waals surface area (Å²) in [5.41, 5.74) is 1.48. The van der Waals surface area contributed by atoms with Crippen LogP contribution in [0.5, 0.6) is 0 Å². The van der Waals surface area contributed by atoms with Gasteiger partial charge in [0.05, 0.1) is 18.5 Å². The third-order valence-electron chi connectivity index (χ3n) is 3.93. The van der Waals surface area contributed by atoms with Gasteiger partial charge < -0.3 is 10.3 Å². The fourth-order valence-electron chi connectivity index (χ4n) is 2.91. The molecule has 0 aliphatic rings. The third kappa shape index (κ3) is 4.81. The van der Waals surface area contributed by atoms with E-state index in [1.54, 1.807) is 0 Å². The van der Waals surface area contributed by atoms with E-state index in [2.05, 4.69) is 15.3 Å². The van der Waals surface area contributed by atoms with Crippen LogP contribution in [0, 0.1) is 0 Å². The average molecular weight is 385 g/mol. The largest absolute Gasteiger partial charge is 0.350 e. The fourth-order valence-corrected chi connectivity index (χ4v) is 3.88. The van der Waals surface area contributed by atoms with Gasteiger partial charge in [-0.3, -0.25) is 14.5 Å². The van der Waals surface area contributed by atoms with Gasteiger partial charge in [0.15, 0.2) is 0 Å². The average Bonchev–Trinajstić information content (AvgIpc) is 2.98. The monoisotopic (exact) mass is 384 g/mol. The molecule has 0 radical (unpaired) electrons. The predicted molar refractivity (Wildman–Crippen MR) is 110 cm³/mol. The Morgan fingerprint density at radius 2 is 1.96 bits per heavy atom. The zero-order valence-corrected chi connectivity index (χ0v) is 16.8. The van der Waals surface area contributed by atoms with Crippen molar-refractivity contribution in [1.82, 2.24) is 20.2 Å². The van der Waals surface area contributed by atoms with Crippen LogP contribution in [-0.4, -0.2) is 39.9 Å². The van der Waals surface area contributed by atoms with E-state index < -0.39 is 0 Å². The fraction of sp³-hybridized carbons (Fsp3) is 0.350. The van der Waals surface area contributed by atoms with E-state index in [9.17, 15) is 9.59 Å². The SMILES string of the molecule is CN(CC(=O)NC(C)(C)C)Cc1nc2scc(-c3ccccc3)c2c(=O)[nH]1. The number of H-pyrrole nitrogens is 1. The third-order valence-corrected chi connectivity index (χ3v) is 4.80. The molecule has 7 heteroatoms. The summed E-state index contributed by atoms with van der Waals surface area (Å²) in [6, 6.07) is 9.82. The van der Waals surface area contributed by atoms with Gasteiger partial charge in [-0.2, -0.15) is 0 Å². The molecule has 6 nitrogen and oxygen atoms in total. The quantitative estimate of drug-likeness (QED) is 0.709. The molecule has 27 heavy (non-hydrogen) atoms. The van der Waals surface area contributed by atoms with Crippen LogP contribution < -0.4 is 10.9 Å². The van der Waals surface area contributed by atoms with Gasteiger partial charge in [0.2, 0.25) is 5.91 Å². The van der Waals surface area contributed by atoms with Crippen molar-refractivity contribution >= 4 is 27.5 Å². The molecular formula is C20H24N4O2S. The summed E-state index contributed by atoms with van der Waals surface area (Å²) in [7, 11) is 1.83. The first-order valence-electron chi connectivity index (χ1n) is 8.78. The number of nitrogens with zero attached hydrogens (tertiary/aromatic N) is 2. The Morgan fingerprint density at radius 1 is 1.26 bits per heavy atom. The summed E-state index contributed by atoms with van der Waals surface area (Å²) in [6.45, 7) is 6.46. The predicted octanol–water partition coefficient (Wildman–Crippen LogP) is 3.00. The van der Waals surface area contributed by atoms with Crippen LogP contribution in [0.1, 0.15) is 26.6 Å². The Morgan fingerprint density at radius 3 is 2.63 bits per heavy atom. The first-order chi connectivity index (χ1) is 12.7. The highest BCUT2D eigenvalue weighted by Gasteiger charge is 2.17. The highest BCUT2D eigenvalue weighted by atomic mass is 32.1. The van der Waals surface area contributed by atoms with Crippen molar-refractivity contribution in [2.45, 2.75) is 32.9 Å². The molecule has 2 aromatic heterocycles. The summed E-state index contributed by atoms with van der Waals surface area (Å²) in [6.07, 6.45) is 0. The minimum atomic E-state index is -0.270. The van der Waals surface area contributed by atoms with Crippen LogP contribution in [0.25, 0.3) is 21.3 Å². The van der Waals surface area contributed by atoms with Gasteiger partial charge in [-0.1, -0.05) is 30.3 Å². The minimum Gasteiger partial charge on any atom is -0.350 e. The van der Waals surface area contributed by atoms with Crippen LogP contribution in [0.2, 0.25) is 0 Å². The number of likely N-dealkylation sites (N-methyl/N-ethyl adjacent to an activating group) is 1. The van der Waals surface area contributed by atoms with E-state index in [4.69, 9.17) is 0 Å². The van der Waals surface area contributed by atoms with Crippen LogP contribution in [-0.2, 0) is 11.3 Å². The smallest absolute Gasteiger partial charge is 0.260 e. The van der Waals surface area contributed by atoms with E-state index in [0.717, 1.165) is 11.1 Å². The van der Waals surface area contributed by atoms with Gasteiger partial charge in [0.1, 0.15) is 10.7 Å². The Labute approximate surface area is 162 Å². The van der Waals surface area contributed by atoms with Crippen molar-refractivity contribution in [1.29, 1.82) is 0 Å². The number of carbonyl (C=O) groups excluding carboxylic acids is 1. The molecule has 142 valence electrons. The van der Waals surface area contributed by atoms with Crippen molar-refractivity contribution in [3.63, 3.8) is 0 Å². The number of carbonyl (C=O) groups is 1. The molecule has 0 fully saturated rings. The van der Waals surface area contributed by atoms with Crippen molar-refractivity contribution in [3.8, 4) is 11.1 Å². The number of nitrogens with one attached hydrogen (secondary N) is 2. The summed E-state index contributed by atoms with van der Waals surface area (Å²) >= 11 is 1.46. The molecule has 0 aliphatic heterocycles. The minimum absolute atomic E-state index is 0.0593. The number of benzene rings is 1. The van der Waals surface area contributed by atoms with E-state index in [1.807, 2.05) is 68.4 Å². The molecule has 3 rings (SSSR count). The lowest BCUT2D eigenvalue weighted by molar-refractivity contribution is -0.123. The normalized spacial score (nSPS) is 11.9. The number of amides is 1. The van der Waals surface area contributed by atoms with Gasteiger partial charge in [-0.25, -0.2) is 4.98 Å². The molecule has 3 aromatic rings. The highest BCUT2D eigenvalue weighted by molar-refractivity contribution is 7.17. The number of hydrogen-bond donors (Lipinski definition) is 2. The maximum Gasteiger partial charge on any atom is 0.260 e. The number of rotatable bonds is 5. The topological polar surface area (TPSA) is 78.1 Å². The summed E-state index contributed by atoms with van der Waals surface area (Å²) in [4.78, 5) is 34.7. The second-order valence-corrected chi connectivity index (χ2v) is 8.54. The molecule has 0 spiro atoms. The second kappa shape index (κ2) is 7.62. The lowest BCUT2D eigenvalue weighted by Gasteiger charge is -2.23. The molecule has 2 heterocycles. The number of aromatic nitrogens is 2. The van der Waals surface area contributed by atoms with Crippen LogP contribution in [0.4, 0.5) is 0 Å². The maximum atomic E-state index is 12.7. The number of thiophene rings is 1. The van der Waals surface area contributed by atoms with Crippen molar-refractivity contribution in [3.05, 3.63) is 51.9 Å². The van der Waals surface area contributed by atoms with Crippen LogP contribution in [0.3, 0.4) is 0 Å². The van der Waals surface area contributed by atoms with E-state index in [-0.39, 0.29) is 23.6 Å². The Hall–Kier alpha value is -2.51. The molecule has 0 saturated heterocycles. The Balaban J connectivity index is 1.79. The first kappa shape index (κ1) is 19.3. The lowest BCUT2D eigenvalue weighted by Crippen LogP contribution is -2.45. The Bertz CT molecular complexity index is 1000. The van der Waals surface area contributed by atoms with E-state index in [0.29, 0.717) is 22.6 Å². The summed E-state index contributed by atoms with van der Waals surface area (Å²) in [5.74, 6) is 0.496. The second-order valence-electron chi connectivity index (χ2n) is 7.68. The molecule has 1 amide bonds. The van der Waals surface area contributed by atoms with Crippen LogP contribution in [0.15, 0.2) is 40.5 Å². The zero-order valence-electron chi connectivity index (χ0n) is 16.0. The van der Waals surface area contributed by atoms with Gasteiger partial charge in [0.25, 0.3) is 5.56 Å². The van der Waals surface area contributed by atoms with Crippen LogP contribution >= 0.6 is 11.3 Å². The lowest BCUT2D eigenvalue weighted by atomic mass is 10.1. The van der Waals surface area contributed by atoms with E-state index in [1.165, 1.54) is 11.3 Å². The molecule has 0 bridgehead atoms. The van der Waals surface area contributed by atoms with Crippen molar-refractivity contribution in [2.75, 3.05) is 13.6 Å². The molecule has 0 aliphatic carbocycles. The maximum absolute atomic E-state index is 12.7. The molecule has 0 atom stereocenters. The molecule has 0 unspecified atom stereocenters. The molecule has 0 saturated carbocycles. The van der Waals surface area contributed by atoms with Gasteiger partial charge in [-0.15, -0.1) is 11.3 Å². The van der Waals surface area contributed by atoms with Gasteiger partial charge >= 0.3 is 0 Å².